The molecule has 6 nitrogen and oxygen atoms in total. The minimum atomic E-state index is -0.648. The second kappa shape index (κ2) is 7.12. The first-order chi connectivity index (χ1) is 11.5. The zero-order valence-corrected chi connectivity index (χ0v) is 15.1. The molecule has 0 radical (unpaired) electrons. The number of halogens is 2. The van der Waals surface area contributed by atoms with E-state index in [9.17, 15) is 9.18 Å². The fraction of sp³-hybridized carbons (Fsp3) is 0.400. The SMILES string of the molecule is NC(=O)C1(CNc2nnc(-c3cc(Br)ccc3F)s2)CCOCC1. The van der Waals surface area contributed by atoms with Crippen LogP contribution in [0.15, 0.2) is 22.7 Å². The third kappa shape index (κ3) is 3.57. The number of hydrogen-bond donors (Lipinski definition) is 2. The van der Waals surface area contributed by atoms with Crippen molar-refractivity contribution in [3.63, 3.8) is 0 Å². The highest BCUT2D eigenvalue weighted by molar-refractivity contribution is 9.10. The van der Waals surface area contributed by atoms with Gasteiger partial charge in [-0.1, -0.05) is 27.3 Å². The van der Waals surface area contributed by atoms with Gasteiger partial charge in [0.25, 0.3) is 0 Å². The number of anilines is 1. The molecule has 0 spiro atoms. The monoisotopic (exact) mass is 414 g/mol. The molecule has 128 valence electrons. The van der Waals surface area contributed by atoms with Gasteiger partial charge < -0.3 is 15.8 Å². The Hall–Kier alpha value is -1.58. The number of rotatable bonds is 5. The summed E-state index contributed by atoms with van der Waals surface area (Å²) < 4.78 is 20.0. The molecular formula is C15H16BrFN4O2S. The lowest BCUT2D eigenvalue weighted by Crippen LogP contribution is -2.46. The molecule has 1 aliphatic rings. The Morgan fingerprint density at radius 3 is 2.88 bits per heavy atom. The highest BCUT2D eigenvalue weighted by Gasteiger charge is 2.38. The van der Waals surface area contributed by atoms with E-state index in [-0.39, 0.29) is 11.7 Å². The molecule has 0 saturated carbocycles. The molecule has 0 aliphatic carbocycles. The number of ether oxygens (including phenoxy) is 1. The number of nitrogens with one attached hydrogen (secondary N) is 1. The van der Waals surface area contributed by atoms with Crippen molar-refractivity contribution in [1.82, 2.24) is 10.2 Å². The summed E-state index contributed by atoms with van der Waals surface area (Å²) in [5.74, 6) is -0.708. The Labute approximate surface area is 150 Å². The van der Waals surface area contributed by atoms with Gasteiger partial charge in [-0.15, -0.1) is 10.2 Å². The maximum atomic E-state index is 13.9. The number of nitrogens with two attached hydrogens (primary N) is 1. The summed E-state index contributed by atoms with van der Waals surface area (Å²) in [4.78, 5) is 11.8. The summed E-state index contributed by atoms with van der Waals surface area (Å²) in [7, 11) is 0. The normalized spacial score (nSPS) is 16.8. The van der Waals surface area contributed by atoms with Crippen LogP contribution in [0.25, 0.3) is 10.6 Å². The Kier molecular flexibility index (Phi) is 5.12. The van der Waals surface area contributed by atoms with Gasteiger partial charge in [-0.3, -0.25) is 4.79 Å². The van der Waals surface area contributed by atoms with Crippen LogP contribution in [-0.4, -0.2) is 35.9 Å². The van der Waals surface area contributed by atoms with E-state index in [0.29, 0.717) is 48.3 Å². The summed E-state index contributed by atoms with van der Waals surface area (Å²) in [6.45, 7) is 1.38. The van der Waals surface area contributed by atoms with Crippen LogP contribution in [0.1, 0.15) is 12.8 Å². The van der Waals surface area contributed by atoms with Gasteiger partial charge >= 0.3 is 0 Å². The smallest absolute Gasteiger partial charge is 0.225 e. The molecule has 2 heterocycles. The Morgan fingerprint density at radius 2 is 2.17 bits per heavy atom. The quantitative estimate of drug-likeness (QED) is 0.784. The number of carbonyl (C=O) groups excluding carboxylic acids is 1. The van der Waals surface area contributed by atoms with E-state index < -0.39 is 5.41 Å². The van der Waals surface area contributed by atoms with E-state index in [1.165, 1.54) is 17.4 Å². The minimum Gasteiger partial charge on any atom is -0.381 e. The topological polar surface area (TPSA) is 90.1 Å². The first-order valence-electron chi connectivity index (χ1n) is 7.41. The molecule has 1 amide bonds. The Morgan fingerprint density at radius 1 is 1.42 bits per heavy atom. The summed E-state index contributed by atoms with van der Waals surface area (Å²) in [5, 5.41) is 12.2. The zero-order valence-electron chi connectivity index (χ0n) is 12.7. The van der Waals surface area contributed by atoms with Gasteiger partial charge in [0, 0.05) is 29.8 Å². The lowest BCUT2D eigenvalue weighted by atomic mass is 9.79. The average molecular weight is 415 g/mol. The third-order valence-corrected chi connectivity index (χ3v) is 5.54. The van der Waals surface area contributed by atoms with E-state index in [1.807, 2.05) is 0 Å². The minimum absolute atomic E-state index is 0.346. The van der Waals surface area contributed by atoms with Crippen LogP contribution in [0.4, 0.5) is 9.52 Å². The van der Waals surface area contributed by atoms with E-state index in [4.69, 9.17) is 10.5 Å². The van der Waals surface area contributed by atoms with E-state index in [2.05, 4.69) is 31.4 Å². The highest BCUT2D eigenvalue weighted by atomic mass is 79.9. The van der Waals surface area contributed by atoms with Gasteiger partial charge in [0.1, 0.15) is 5.82 Å². The van der Waals surface area contributed by atoms with Crippen LogP contribution < -0.4 is 11.1 Å². The van der Waals surface area contributed by atoms with Crippen LogP contribution in [0.2, 0.25) is 0 Å². The van der Waals surface area contributed by atoms with Gasteiger partial charge in [0.2, 0.25) is 11.0 Å². The van der Waals surface area contributed by atoms with Crippen molar-refractivity contribution in [2.24, 2.45) is 11.1 Å². The number of benzene rings is 1. The van der Waals surface area contributed by atoms with Crippen molar-refractivity contribution in [2.45, 2.75) is 12.8 Å². The summed E-state index contributed by atoms with van der Waals surface area (Å²) >= 11 is 4.55. The van der Waals surface area contributed by atoms with Gasteiger partial charge in [-0.25, -0.2) is 4.39 Å². The van der Waals surface area contributed by atoms with Gasteiger partial charge in [0.15, 0.2) is 5.01 Å². The van der Waals surface area contributed by atoms with Crippen molar-refractivity contribution < 1.29 is 13.9 Å². The van der Waals surface area contributed by atoms with Crippen molar-refractivity contribution >= 4 is 38.3 Å². The van der Waals surface area contributed by atoms with Gasteiger partial charge in [-0.05, 0) is 31.0 Å². The number of nitrogens with zero attached hydrogens (tertiary/aromatic N) is 2. The Bertz CT molecular complexity index is 749. The molecule has 1 aromatic carbocycles. The van der Waals surface area contributed by atoms with Crippen LogP contribution in [0.3, 0.4) is 0 Å². The first kappa shape index (κ1) is 17.2. The molecule has 3 N–H and O–H groups in total. The lowest BCUT2D eigenvalue weighted by Gasteiger charge is -2.34. The fourth-order valence-corrected chi connectivity index (χ4v) is 3.70. The van der Waals surface area contributed by atoms with E-state index in [1.54, 1.807) is 12.1 Å². The number of hydrogen-bond acceptors (Lipinski definition) is 6. The van der Waals surface area contributed by atoms with Crippen LogP contribution in [0, 0.1) is 11.2 Å². The molecule has 1 aromatic heterocycles. The molecule has 0 unspecified atom stereocenters. The van der Waals surface area contributed by atoms with Gasteiger partial charge in [0.05, 0.1) is 5.41 Å². The van der Waals surface area contributed by atoms with Crippen molar-refractivity contribution in [1.29, 1.82) is 0 Å². The standard InChI is InChI=1S/C15H16BrFN4O2S/c16-9-1-2-11(17)10(7-9)12-20-21-14(24-12)19-8-15(13(18)22)3-5-23-6-4-15/h1-2,7H,3-6,8H2,(H2,18,22)(H,19,21). The van der Waals surface area contributed by atoms with Crippen molar-refractivity contribution in [2.75, 3.05) is 25.1 Å². The Balaban J connectivity index is 1.74. The van der Waals surface area contributed by atoms with Crippen molar-refractivity contribution in [3.05, 3.63) is 28.5 Å². The molecular weight excluding hydrogens is 399 g/mol. The van der Waals surface area contributed by atoms with Crippen LogP contribution >= 0.6 is 27.3 Å². The maximum Gasteiger partial charge on any atom is 0.225 e. The molecule has 3 rings (SSSR count). The first-order valence-corrected chi connectivity index (χ1v) is 9.02. The summed E-state index contributed by atoms with van der Waals surface area (Å²) in [6, 6.07) is 4.65. The number of carbonyl (C=O) groups is 1. The molecule has 2 aromatic rings. The largest absolute Gasteiger partial charge is 0.381 e. The van der Waals surface area contributed by atoms with Crippen LogP contribution in [0.5, 0.6) is 0 Å². The molecule has 9 heteroatoms. The number of amides is 1. The molecule has 0 bridgehead atoms. The zero-order chi connectivity index (χ0) is 17.2. The van der Waals surface area contributed by atoms with E-state index in [0.717, 1.165) is 4.47 Å². The van der Waals surface area contributed by atoms with Crippen LogP contribution in [-0.2, 0) is 9.53 Å². The van der Waals surface area contributed by atoms with Crippen molar-refractivity contribution in [3.8, 4) is 10.6 Å². The lowest BCUT2D eigenvalue weighted by molar-refractivity contribution is -0.132. The predicted octanol–water partition coefficient (Wildman–Crippen LogP) is 2.80. The molecule has 0 atom stereocenters. The second-order valence-corrected chi connectivity index (χ2v) is 7.54. The third-order valence-electron chi connectivity index (χ3n) is 4.13. The molecule has 1 fully saturated rings. The fourth-order valence-electron chi connectivity index (χ4n) is 2.58. The molecule has 1 aliphatic heterocycles. The number of aromatic nitrogens is 2. The van der Waals surface area contributed by atoms with E-state index >= 15 is 0 Å². The summed E-state index contributed by atoms with van der Waals surface area (Å²) in [6.07, 6.45) is 1.14. The molecule has 1 saturated heterocycles. The summed E-state index contributed by atoms with van der Waals surface area (Å²) in [5.41, 5.74) is 5.31. The number of primary amides is 1. The predicted molar refractivity (Wildman–Crippen MR) is 93.2 cm³/mol. The molecule has 24 heavy (non-hydrogen) atoms. The average Bonchev–Trinajstić information content (AvgIpc) is 3.05. The van der Waals surface area contributed by atoms with Gasteiger partial charge in [-0.2, -0.15) is 0 Å². The maximum absolute atomic E-state index is 13.9. The highest BCUT2D eigenvalue weighted by Crippen LogP contribution is 2.33. The second-order valence-electron chi connectivity index (χ2n) is 5.65.